The van der Waals surface area contributed by atoms with Crippen LogP contribution in [0.2, 0.25) is 0 Å². The van der Waals surface area contributed by atoms with Gasteiger partial charge in [-0.25, -0.2) is 0 Å². The number of aliphatic hydroxyl groups excluding tert-OH is 2. The lowest BCUT2D eigenvalue weighted by Gasteiger charge is -2.02. The van der Waals surface area contributed by atoms with Crippen molar-refractivity contribution in [3.8, 4) is 0 Å². The minimum Gasteiger partial charge on any atom is -0.469 e. The molecule has 0 amide bonds. The fraction of sp³-hybridized carbons (Fsp3) is 0.435. The summed E-state index contributed by atoms with van der Waals surface area (Å²) < 4.78 is 4.52. The van der Waals surface area contributed by atoms with Crippen LogP contribution in [0.25, 0.3) is 0 Å². The number of allylic oxidation sites excluding steroid dienone is 9. The van der Waals surface area contributed by atoms with Crippen LogP contribution >= 0.6 is 0 Å². The molecule has 0 fully saturated rings. The van der Waals surface area contributed by atoms with Gasteiger partial charge in [-0.05, 0) is 32.1 Å². The third-order valence-corrected chi connectivity index (χ3v) is 3.52. The second kappa shape index (κ2) is 18.6. The quantitative estimate of drug-likeness (QED) is 0.265. The zero-order valence-electron chi connectivity index (χ0n) is 16.5. The summed E-state index contributed by atoms with van der Waals surface area (Å²) in [6.45, 7) is 2.07. The largest absolute Gasteiger partial charge is 0.469 e. The van der Waals surface area contributed by atoms with Gasteiger partial charge in [0.2, 0.25) is 0 Å². The lowest BCUT2D eigenvalue weighted by atomic mass is 10.2. The molecule has 0 aliphatic rings. The molecule has 4 nitrogen and oxygen atoms in total. The van der Waals surface area contributed by atoms with Crippen molar-refractivity contribution < 1.29 is 19.7 Å². The average molecular weight is 375 g/mol. The van der Waals surface area contributed by atoms with E-state index in [1.54, 1.807) is 18.2 Å². The van der Waals surface area contributed by atoms with E-state index >= 15 is 0 Å². The first-order valence-corrected chi connectivity index (χ1v) is 9.49. The molecule has 0 unspecified atom stereocenters. The molecule has 2 N–H and O–H groups in total. The number of rotatable bonds is 14. The highest BCUT2D eigenvalue weighted by Gasteiger charge is 2.04. The Hall–Kier alpha value is -2.17. The standard InChI is InChI=1S/C23H34O4/c1-3-4-13-16-21(24)17-14-11-9-7-5-6-8-10-12-15-18-22(25)19-20-23(26)27-2/h4-6,9-15,17-18,21-22,24-25H,3,7-8,16,19-20H2,1-2H3/b6-5-,11-9-,12-10-,13-4-,17-14+,18-15+/t21-,22+/m0/s1. The van der Waals surface area contributed by atoms with Gasteiger partial charge in [0.15, 0.2) is 0 Å². The van der Waals surface area contributed by atoms with E-state index < -0.39 is 12.2 Å². The van der Waals surface area contributed by atoms with Crippen molar-refractivity contribution in [2.75, 3.05) is 7.11 Å². The molecule has 0 aromatic rings. The second-order valence-corrected chi connectivity index (χ2v) is 5.93. The molecule has 0 saturated heterocycles. The van der Waals surface area contributed by atoms with Crippen LogP contribution in [0.15, 0.2) is 72.9 Å². The van der Waals surface area contributed by atoms with Gasteiger partial charge in [0.05, 0.1) is 19.3 Å². The molecule has 0 radical (unpaired) electrons. The molecule has 0 rings (SSSR count). The third kappa shape index (κ3) is 18.4. The first-order valence-electron chi connectivity index (χ1n) is 9.49. The highest BCUT2D eigenvalue weighted by Crippen LogP contribution is 2.01. The van der Waals surface area contributed by atoms with Gasteiger partial charge in [0.1, 0.15) is 0 Å². The summed E-state index contributed by atoms with van der Waals surface area (Å²) >= 11 is 0. The molecular weight excluding hydrogens is 340 g/mol. The Morgan fingerprint density at radius 2 is 1.44 bits per heavy atom. The summed E-state index contributed by atoms with van der Waals surface area (Å²) in [4.78, 5) is 11.0. The van der Waals surface area contributed by atoms with Crippen molar-refractivity contribution in [1.82, 2.24) is 0 Å². The van der Waals surface area contributed by atoms with Crippen molar-refractivity contribution >= 4 is 5.97 Å². The van der Waals surface area contributed by atoms with E-state index in [1.807, 2.05) is 36.5 Å². The smallest absolute Gasteiger partial charge is 0.305 e. The van der Waals surface area contributed by atoms with Crippen LogP contribution in [-0.2, 0) is 9.53 Å². The number of carbonyl (C=O) groups excluding carboxylic acids is 1. The Morgan fingerprint density at radius 1 is 0.852 bits per heavy atom. The maximum Gasteiger partial charge on any atom is 0.305 e. The van der Waals surface area contributed by atoms with E-state index in [0.717, 1.165) is 19.3 Å². The lowest BCUT2D eigenvalue weighted by Crippen LogP contribution is -2.07. The van der Waals surface area contributed by atoms with Gasteiger partial charge in [0, 0.05) is 6.42 Å². The molecular formula is C23H34O4. The number of hydrogen-bond acceptors (Lipinski definition) is 4. The molecule has 0 aromatic carbocycles. The SMILES string of the molecule is CC/C=C\C[C@H](O)/C=C/C=C\C/C=C\C/C=C\C=C\[C@@H](O)CCC(=O)OC. The van der Waals surface area contributed by atoms with Gasteiger partial charge in [0.25, 0.3) is 0 Å². The minimum atomic E-state index is -0.635. The lowest BCUT2D eigenvalue weighted by molar-refractivity contribution is -0.141. The van der Waals surface area contributed by atoms with Crippen molar-refractivity contribution in [2.45, 2.75) is 57.7 Å². The zero-order valence-corrected chi connectivity index (χ0v) is 16.5. The fourth-order valence-electron chi connectivity index (χ4n) is 1.99. The van der Waals surface area contributed by atoms with Crippen molar-refractivity contribution in [3.05, 3.63) is 72.9 Å². The highest BCUT2D eigenvalue weighted by molar-refractivity contribution is 5.69. The Morgan fingerprint density at radius 3 is 2.00 bits per heavy atom. The van der Waals surface area contributed by atoms with Crippen LogP contribution in [0.4, 0.5) is 0 Å². The molecule has 0 saturated carbocycles. The molecule has 0 aliphatic carbocycles. The summed E-state index contributed by atoms with van der Waals surface area (Å²) in [6.07, 6.45) is 25.9. The Labute approximate surface area is 163 Å². The minimum absolute atomic E-state index is 0.214. The van der Waals surface area contributed by atoms with E-state index in [2.05, 4.69) is 29.9 Å². The summed E-state index contributed by atoms with van der Waals surface area (Å²) in [6, 6.07) is 0. The molecule has 27 heavy (non-hydrogen) atoms. The van der Waals surface area contributed by atoms with Crippen LogP contribution in [0.1, 0.15) is 45.4 Å². The van der Waals surface area contributed by atoms with Crippen LogP contribution in [0.5, 0.6) is 0 Å². The average Bonchev–Trinajstić information content (AvgIpc) is 2.67. The second-order valence-electron chi connectivity index (χ2n) is 5.93. The predicted octanol–water partition coefficient (Wildman–Crippen LogP) is 4.58. The molecule has 0 heterocycles. The number of esters is 1. The summed E-state index contributed by atoms with van der Waals surface area (Å²) in [5.41, 5.74) is 0. The van der Waals surface area contributed by atoms with E-state index in [0.29, 0.717) is 12.8 Å². The van der Waals surface area contributed by atoms with Gasteiger partial charge in [-0.2, -0.15) is 0 Å². The molecule has 0 aromatic heterocycles. The van der Waals surface area contributed by atoms with Crippen molar-refractivity contribution in [2.24, 2.45) is 0 Å². The van der Waals surface area contributed by atoms with Gasteiger partial charge >= 0.3 is 5.97 Å². The maximum atomic E-state index is 11.0. The number of methoxy groups -OCH3 is 1. The molecule has 0 bridgehead atoms. The predicted molar refractivity (Wildman–Crippen MR) is 112 cm³/mol. The fourth-order valence-corrected chi connectivity index (χ4v) is 1.99. The summed E-state index contributed by atoms with van der Waals surface area (Å²) in [5, 5.41) is 19.3. The van der Waals surface area contributed by atoms with Gasteiger partial charge in [-0.3, -0.25) is 4.79 Å². The third-order valence-electron chi connectivity index (χ3n) is 3.52. The Balaban J connectivity index is 3.81. The molecule has 0 aliphatic heterocycles. The molecule has 0 spiro atoms. The molecule has 2 atom stereocenters. The Kier molecular flexibility index (Phi) is 17.1. The van der Waals surface area contributed by atoms with Crippen LogP contribution in [0, 0.1) is 0 Å². The maximum absolute atomic E-state index is 11.0. The monoisotopic (exact) mass is 374 g/mol. The number of aliphatic hydroxyl groups is 2. The number of hydrogen-bond donors (Lipinski definition) is 2. The van der Waals surface area contributed by atoms with Crippen LogP contribution < -0.4 is 0 Å². The summed E-state index contributed by atoms with van der Waals surface area (Å²) in [5.74, 6) is -0.312. The highest BCUT2D eigenvalue weighted by atomic mass is 16.5. The molecule has 4 heteroatoms. The van der Waals surface area contributed by atoms with E-state index in [1.165, 1.54) is 7.11 Å². The van der Waals surface area contributed by atoms with Gasteiger partial charge in [-0.1, -0.05) is 79.8 Å². The van der Waals surface area contributed by atoms with Gasteiger partial charge < -0.3 is 14.9 Å². The van der Waals surface area contributed by atoms with E-state index in [-0.39, 0.29) is 12.4 Å². The summed E-state index contributed by atoms with van der Waals surface area (Å²) in [7, 11) is 1.34. The van der Waals surface area contributed by atoms with Crippen LogP contribution in [0.3, 0.4) is 0 Å². The van der Waals surface area contributed by atoms with Crippen molar-refractivity contribution in [1.29, 1.82) is 0 Å². The number of ether oxygens (including phenoxy) is 1. The number of carbonyl (C=O) groups is 1. The van der Waals surface area contributed by atoms with Crippen molar-refractivity contribution in [3.63, 3.8) is 0 Å². The van der Waals surface area contributed by atoms with E-state index in [4.69, 9.17) is 0 Å². The normalized spacial score (nSPS) is 15.3. The van der Waals surface area contributed by atoms with E-state index in [9.17, 15) is 15.0 Å². The van der Waals surface area contributed by atoms with Crippen LogP contribution in [-0.4, -0.2) is 35.5 Å². The molecule has 150 valence electrons. The Bertz CT molecular complexity index is 539. The zero-order chi connectivity index (χ0) is 20.2. The first-order chi connectivity index (χ1) is 13.1. The van der Waals surface area contributed by atoms with Gasteiger partial charge in [-0.15, -0.1) is 0 Å². The first kappa shape index (κ1) is 24.8. The topological polar surface area (TPSA) is 66.8 Å².